The number of aryl methyl sites for hydroxylation is 1. The zero-order chi connectivity index (χ0) is 14.7. The van der Waals surface area contributed by atoms with Gasteiger partial charge in [-0.05, 0) is 36.8 Å². The van der Waals surface area contributed by atoms with Gasteiger partial charge in [0.25, 0.3) is 0 Å². The molecule has 0 saturated heterocycles. The summed E-state index contributed by atoms with van der Waals surface area (Å²) in [6.45, 7) is 2.81. The molecule has 0 atom stereocenters. The highest BCUT2D eigenvalue weighted by atomic mass is 15.4. The molecule has 2 aromatic carbocycles. The number of imidazole rings is 1. The number of fused-ring (bicyclic) bond motifs is 7. The van der Waals surface area contributed by atoms with Gasteiger partial charge in [-0.3, -0.25) is 0 Å². The van der Waals surface area contributed by atoms with Crippen LogP contribution in [0, 0.1) is 6.92 Å². The summed E-state index contributed by atoms with van der Waals surface area (Å²) < 4.78 is 4.15. The van der Waals surface area contributed by atoms with Gasteiger partial charge in [-0.15, -0.1) is 5.10 Å². The van der Waals surface area contributed by atoms with Gasteiger partial charge in [0, 0.05) is 5.56 Å². The number of aromatic nitrogens is 5. The van der Waals surface area contributed by atoms with Gasteiger partial charge in [-0.25, -0.2) is 9.67 Å². The second-order valence-electron chi connectivity index (χ2n) is 5.67. The molecular weight excluding hydrogens is 274 g/mol. The van der Waals surface area contributed by atoms with Gasteiger partial charge < -0.3 is 4.57 Å². The summed E-state index contributed by atoms with van der Waals surface area (Å²) in [4.78, 5) is 4.88. The number of benzene rings is 2. The predicted molar refractivity (Wildman–Crippen MR) is 83.9 cm³/mol. The monoisotopic (exact) mass is 287 g/mol. The Balaban J connectivity index is 1.93. The summed E-state index contributed by atoms with van der Waals surface area (Å²) >= 11 is 0. The molecule has 2 aromatic heterocycles. The molecule has 1 aliphatic heterocycles. The number of hydrogen-bond acceptors (Lipinski definition) is 3. The second kappa shape index (κ2) is 4.04. The molecule has 0 spiro atoms. The lowest BCUT2D eigenvalue weighted by molar-refractivity contribution is 0.737. The minimum atomic E-state index is 0.719. The third-order valence-corrected chi connectivity index (χ3v) is 4.22. The Morgan fingerprint density at radius 1 is 1.09 bits per heavy atom. The predicted octanol–water partition coefficient (Wildman–Crippen LogP) is 2.95. The highest BCUT2D eigenvalue weighted by molar-refractivity contribution is 5.83. The van der Waals surface area contributed by atoms with E-state index in [2.05, 4.69) is 52.1 Å². The average Bonchev–Trinajstić information content (AvgIpc) is 3.10. The van der Waals surface area contributed by atoms with Crippen molar-refractivity contribution in [1.82, 2.24) is 24.5 Å². The molecule has 5 rings (SSSR count). The maximum atomic E-state index is 4.88. The molecule has 4 aromatic rings. The van der Waals surface area contributed by atoms with Crippen molar-refractivity contribution in [1.29, 1.82) is 0 Å². The van der Waals surface area contributed by atoms with Crippen LogP contribution in [0.4, 0.5) is 0 Å². The third-order valence-electron chi connectivity index (χ3n) is 4.22. The normalized spacial score (nSPS) is 12.6. The lowest BCUT2D eigenvalue weighted by Gasteiger charge is -2.05. The van der Waals surface area contributed by atoms with Crippen LogP contribution in [0.15, 0.2) is 48.7 Å². The largest absolute Gasteiger partial charge is 0.318 e. The molecule has 5 heteroatoms. The van der Waals surface area contributed by atoms with E-state index in [-0.39, 0.29) is 0 Å². The van der Waals surface area contributed by atoms with Gasteiger partial charge >= 0.3 is 0 Å². The summed E-state index contributed by atoms with van der Waals surface area (Å²) in [5, 5.41) is 8.32. The fourth-order valence-electron chi connectivity index (χ4n) is 3.18. The maximum absolute atomic E-state index is 4.88. The first kappa shape index (κ1) is 11.7. The number of hydrogen-bond donors (Lipinski definition) is 0. The van der Waals surface area contributed by atoms with Crippen LogP contribution in [-0.2, 0) is 6.54 Å². The van der Waals surface area contributed by atoms with E-state index in [0.29, 0.717) is 0 Å². The average molecular weight is 287 g/mol. The summed E-state index contributed by atoms with van der Waals surface area (Å²) in [6, 6.07) is 14.6. The van der Waals surface area contributed by atoms with Crippen LogP contribution in [0.1, 0.15) is 11.3 Å². The molecule has 0 radical (unpaired) electrons. The van der Waals surface area contributed by atoms with Crippen molar-refractivity contribution in [3.63, 3.8) is 0 Å². The molecule has 0 bridgehead atoms. The lowest BCUT2D eigenvalue weighted by atomic mass is 10.1. The molecule has 0 amide bonds. The zero-order valence-corrected chi connectivity index (χ0v) is 12.1. The molecule has 1 aliphatic rings. The van der Waals surface area contributed by atoms with Crippen molar-refractivity contribution in [3.05, 3.63) is 59.9 Å². The van der Waals surface area contributed by atoms with Gasteiger partial charge in [0.15, 0.2) is 0 Å². The van der Waals surface area contributed by atoms with Crippen LogP contribution < -0.4 is 0 Å². The van der Waals surface area contributed by atoms with Crippen LogP contribution in [0.2, 0.25) is 0 Å². The Labute approximate surface area is 126 Å². The molecule has 22 heavy (non-hydrogen) atoms. The molecule has 0 saturated carbocycles. The minimum Gasteiger partial charge on any atom is -0.318 e. The Hall–Kier alpha value is -2.95. The van der Waals surface area contributed by atoms with Crippen molar-refractivity contribution < 1.29 is 0 Å². The van der Waals surface area contributed by atoms with Gasteiger partial charge in [0.2, 0.25) is 0 Å². The Kier molecular flexibility index (Phi) is 2.14. The highest BCUT2D eigenvalue weighted by Crippen LogP contribution is 2.33. The fourth-order valence-corrected chi connectivity index (χ4v) is 3.18. The van der Waals surface area contributed by atoms with E-state index in [4.69, 9.17) is 4.98 Å². The van der Waals surface area contributed by atoms with Gasteiger partial charge in [0.05, 0.1) is 35.2 Å². The maximum Gasteiger partial charge on any atom is 0.143 e. The topological polar surface area (TPSA) is 48.5 Å². The van der Waals surface area contributed by atoms with Crippen molar-refractivity contribution in [3.8, 4) is 17.1 Å². The highest BCUT2D eigenvalue weighted by Gasteiger charge is 2.22. The van der Waals surface area contributed by atoms with Crippen LogP contribution in [-0.4, -0.2) is 24.5 Å². The van der Waals surface area contributed by atoms with Crippen LogP contribution in [0.25, 0.3) is 28.1 Å². The van der Waals surface area contributed by atoms with E-state index in [0.717, 1.165) is 40.3 Å². The fraction of sp³-hybridized carbons (Fsp3) is 0.118. The van der Waals surface area contributed by atoms with Crippen LogP contribution >= 0.6 is 0 Å². The number of nitrogens with zero attached hydrogens (tertiary/aromatic N) is 5. The Morgan fingerprint density at radius 2 is 2.00 bits per heavy atom. The molecule has 5 nitrogen and oxygen atoms in total. The first-order chi connectivity index (χ1) is 10.8. The Morgan fingerprint density at radius 3 is 2.95 bits per heavy atom. The lowest BCUT2D eigenvalue weighted by Crippen LogP contribution is -2.03. The summed E-state index contributed by atoms with van der Waals surface area (Å²) in [6.07, 6.45) is 1.83. The molecule has 0 N–H and O–H groups in total. The SMILES string of the molecule is Cc1ccc2c(c1)nc1n2Cc2cnnn2-c2ccccc2-1. The van der Waals surface area contributed by atoms with Crippen molar-refractivity contribution in [2.24, 2.45) is 0 Å². The zero-order valence-electron chi connectivity index (χ0n) is 12.1. The molecule has 0 aliphatic carbocycles. The van der Waals surface area contributed by atoms with Crippen LogP contribution in [0.5, 0.6) is 0 Å². The third kappa shape index (κ3) is 1.45. The summed E-state index contributed by atoms with van der Waals surface area (Å²) in [5.74, 6) is 0.988. The van der Waals surface area contributed by atoms with Crippen LogP contribution in [0.3, 0.4) is 0 Å². The molecule has 0 unspecified atom stereocenters. The first-order valence-corrected chi connectivity index (χ1v) is 7.27. The van der Waals surface area contributed by atoms with E-state index >= 15 is 0 Å². The second-order valence-corrected chi connectivity index (χ2v) is 5.67. The van der Waals surface area contributed by atoms with Gasteiger partial charge in [-0.1, -0.05) is 23.4 Å². The van der Waals surface area contributed by atoms with Crippen molar-refractivity contribution in [2.75, 3.05) is 0 Å². The molecule has 3 heterocycles. The summed E-state index contributed by atoms with van der Waals surface area (Å²) in [5.41, 5.74) is 6.57. The smallest absolute Gasteiger partial charge is 0.143 e. The van der Waals surface area contributed by atoms with E-state index in [1.54, 1.807) is 0 Å². The van der Waals surface area contributed by atoms with E-state index in [1.807, 2.05) is 23.0 Å². The van der Waals surface area contributed by atoms with Crippen molar-refractivity contribution in [2.45, 2.75) is 13.5 Å². The Bertz CT molecular complexity index is 1020. The van der Waals surface area contributed by atoms with Crippen molar-refractivity contribution >= 4 is 11.0 Å². The standard InChI is InChI=1S/C17H13N5/c1-11-6-7-16-14(8-11)19-17-13-4-2-3-5-15(13)22-12(9-18-20-22)10-21(16)17/h2-9H,10H2,1H3. The molecule has 0 fully saturated rings. The minimum absolute atomic E-state index is 0.719. The van der Waals surface area contributed by atoms with Gasteiger partial charge in [-0.2, -0.15) is 0 Å². The van der Waals surface area contributed by atoms with E-state index in [9.17, 15) is 0 Å². The number of para-hydroxylation sites is 1. The summed E-state index contributed by atoms with van der Waals surface area (Å²) in [7, 11) is 0. The van der Waals surface area contributed by atoms with E-state index < -0.39 is 0 Å². The molecular formula is C17H13N5. The number of rotatable bonds is 0. The van der Waals surface area contributed by atoms with Gasteiger partial charge in [0.1, 0.15) is 5.82 Å². The first-order valence-electron chi connectivity index (χ1n) is 7.27. The van der Waals surface area contributed by atoms with E-state index in [1.165, 1.54) is 5.56 Å². The molecule has 106 valence electrons. The quantitative estimate of drug-likeness (QED) is 0.440.